The van der Waals surface area contributed by atoms with Gasteiger partial charge in [0.15, 0.2) is 5.96 Å². The van der Waals surface area contributed by atoms with Crippen molar-refractivity contribution in [1.29, 1.82) is 0 Å². The van der Waals surface area contributed by atoms with Crippen LogP contribution in [0.3, 0.4) is 0 Å². The van der Waals surface area contributed by atoms with Gasteiger partial charge in [0.25, 0.3) is 0 Å². The molecule has 1 aromatic carbocycles. The summed E-state index contributed by atoms with van der Waals surface area (Å²) in [6.07, 6.45) is 2.63. The van der Waals surface area contributed by atoms with Gasteiger partial charge >= 0.3 is 0 Å². The van der Waals surface area contributed by atoms with Gasteiger partial charge in [-0.2, -0.15) is 0 Å². The minimum Gasteiger partial charge on any atom is -0.491 e. The summed E-state index contributed by atoms with van der Waals surface area (Å²) in [6, 6.07) is 6.83. The first kappa shape index (κ1) is 26.0. The van der Waals surface area contributed by atoms with Gasteiger partial charge < -0.3 is 20.1 Å². The lowest BCUT2D eigenvalue weighted by atomic mass is 10.0. The highest BCUT2D eigenvalue weighted by molar-refractivity contribution is 14.0. The number of halogens is 1. The van der Waals surface area contributed by atoms with Crippen LogP contribution in [0, 0.1) is 12.8 Å². The molecule has 166 valence electrons. The highest BCUT2D eigenvalue weighted by Crippen LogP contribution is 2.20. The van der Waals surface area contributed by atoms with E-state index in [4.69, 9.17) is 9.47 Å². The third-order valence-corrected chi connectivity index (χ3v) is 5.30. The Balaban J connectivity index is 0.00000420. The van der Waals surface area contributed by atoms with E-state index in [1.165, 1.54) is 31.5 Å². The number of aryl methyl sites for hydroxylation is 1. The van der Waals surface area contributed by atoms with Crippen LogP contribution in [0.25, 0.3) is 0 Å². The second kappa shape index (κ2) is 14.0. The maximum atomic E-state index is 5.89. The molecule has 29 heavy (non-hydrogen) atoms. The highest BCUT2D eigenvalue weighted by atomic mass is 127. The molecule has 2 N–H and O–H groups in total. The minimum atomic E-state index is 0. The lowest BCUT2D eigenvalue weighted by Crippen LogP contribution is -2.48. The second-order valence-electron chi connectivity index (χ2n) is 7.81. The summed E-state index contributed by atoms with van der Waals surface area (Å²) in [4.78, 5) is 7.00. The van der Waals surface area contributed by atoms with Crippen LogP contribution in [-0.2, 0) is 11.3 Å². The molecule has 0 radical (unpaired) electrons. The number of likely N-dealkylation sites (tertiary alicyclic amines) is 1. The van der Waals surface area contributed by atoms with E-state index in [1.807, 2.05) is 7.05 Å². The van der Waals surface area contributed by atoms with E-state index >= 15 is 0 Å². The molecule has 1 fully saturated rings. The van der Waals surface area contributed by atoms with Crippen LogP contribution in [-0.4, -0.2) is 63.9 Å². The fourth-order valence-corrected chi connectivity index (χ4v) is 3.64. The average Bonchev–Trinajstić information content (AvgIpc) is 3.20. The zero-order chi connectivity index (χ0) is 20.4. The molecular weight excluding hydrogens is 479 g/mol. The van der Waals surface area contributed by atoms with Crippen molar-refractivity contribution in [3.8, 4) is 5.75 Å². The summed E-state index contributed by atoms with van der Waals surface area (Å²) in [5.41, 5.74) is 2.30. The van der Waals surface area contributed by atoms with Crippen molar-refractivity contribution in [2.75, 3.05) is 47.0 Å². The molecule has 6 nitrogen and oxygen atoms in total. The predicted octanol–water partition coefficient (Wildman–Crippen LogP) is 3.42. The second-order valence-corrected chi connectivity index (χ2v) is 7.81. The van der Waals surface area contributed by atoms with Crippen molar-refractivity contribution in [3.05, 3.63) is 29.3 Å². The largest absolute Gasteiger partial charge is 0.491 e. The Kier molecular flexibility index (Phi) is 12.6. The zero-order valence-electron chi connectivity index (χ0n) is 18.7. The topological polar surface area (TPSA) is 58.1 Å². The molecule has 1 aliphatic rings. The third-order valence-electron chi connectivity index (χ3n) is 5.30. The van der Waals surface area contributed by atoms with Crippen LogP contribution >= 0.6 is 24.0 Å². The monoisotopic (exact) mass is 518 g/mol. The first-order valence-corrected chi connectivity index (χ1v) is 10.4. The summed E-state index contributed by atoms with van der Waals surface area (Å²) in [5.74, 6) is 2.34. The average molecular weight is 518 g/mol. The molecule has 1 unspecified atom stereocenters. The summed E-state index contributed by atoms with van der Waals surface area (Å²) in [6.45, 7) is 11.8. The SMILES string of the molecule is CN=C(NCc1ccc(C)cc1OCCOC)NCC(C(C)C)N1CCCC1.I. The van der Waals surface area contributed by atoms with E-state index in [0.29, 0.717) is 31.7 Å². The molecule has 1 saturated heterocycles. The molecule has 1 aliphatic heterocycles. The van der Waals surface area contributed by atoms with Gasteiger partial charge in [-0.05, 0) is 50.4 Å². The van der Waals surface area contributed by atoms with Crippen molar-refractivity contribution >= 4 is 29.9 Å². The first-order chi connectivity index (χ1) is 13.5. The Morgan fingerprint density at radius 3 is 2.52 bits per heavy atom. The Morgan fingerprint density at radius 2 is 1.90 bits per heavy atom. The van der Waals surface area contributed by atoms with E-state index < -0.39 is 0 Å². The fourth-order valence-electron chi connectivity index (χ4n) is 3.64. The van der Waals surface area contributed by atoms with Crippen LogP contribution in [0.15, 0.2) is 23.2 Å². The molecule has 0 amide bonds. The van der Waals surface area contributed by atoms with Crippen LogP contribution in [0.2, 0.25) is 0 Å². The van der Waals surface area contributed by atoms with Gasteiger partial charge in [-0.25, -0.2) is 0 Å². The summed E-state index contributed by atoms with van der Waals surface area (Å²) in [7, 11) is 3.50. The lowest BCUT2D eigenvalue weighted by molar-refractivity contribution is 0.145. The van der Waals surface area contributed by atoms with Crippen molar-refractivity contribution in [2.45, 2.75) is 46.2 Å². The van der Waals surface area contributed by atoms with Gasteiger partial charge in [-0.1, -0.05) is 26.0 Å². The van der Waals surface area contributed by atoms with Gasteiger partial charge in [0.1, 0.15) is 12.4 Å². The quantitative estimate of drug-likeness (QED) is 0.215. The van der Waals surface area contributed by atoms with E-state index in [2.05, 4.69) is 59.5 Å². The molecule has 1 atom stereocenters. The van der Waals surface area contributed by atoms with Crippen LogP contribution in [0.1, 0.15) is 37.8 Å². The third kappa shape index (κ3) is 8.68. The van der Waals surface area contributed by atoms with Crippen LogP contribution < -0.4 is 15.4 Å². The Hall–Kier alpha value is -1.06. The molecule has 0 saturated carbocycles. The van der Waals surface area contributed by atoms with E-state index in [0.717, 1.165) is 23.8 Å². The van der Waals surface area contributed by atoms with Gasteiger partial charge in [0.05, 0.1) is 6.61 Å². The Labute approximate surface area is 193 Å². The molecule has 7 heteroatoms. The molecule has 2 rings (SSSR count). The number of hydrogen-bond acceptors (Lipinski definition) is 4. The zero-order valence-corrected chi connectivity index (χ0v) is 21.0. The van der Waals surface area contributed by atoms with Gasteiger partial charge in [-0.3, -0.25) is 9.89 Å². The molecular formula is C22H39IN4O2. The van der Waals surface area contributed by atoms with Crippen molar-refractivity contribution < 1.29 is 9.47 Å². The first-order valence-electron chi connectivity index (χ1n) is 10.4. The van der Waals surface area contributed by atoms with E-state index in [9.17, 15) is 0 Å². The molecule has 0 aromatic heterocycles. The Bertz CT molecular complexity index is 619. The van der Waals surface area contributed by atoms with Crippen LogP contribution in [0.4, 0.5) is 0 Å². The van der Waals surface area contributed by atoms with Crippen molar-refractivity contribution in [2.24, 2.45) is 10.9 Å². The molecule has 0 bridgehead atoms. The number of aliphatic imine (C=N–C) groups is 1. The number of nitrogens with one attached hydrogen (secondary N) is 2. The maximum absolute atomic E-state index is 5.89. The number of rotatable bonds is 10. The highest BCUT2D eigenvalue weighted by Gasteiger charge is 2.24. The normalized spacial score (nSPS) is 15.9. The smallest absolute Gasteiger partial charge is 0.191 e. The molecule has 1 heterocycles. The molecule has 0 spiro atoms. The van der Waals surface area contributed by atoms with Crippen molar-refractivity contribution in [3.63, 3.8) is 0 Å². The number of ether oxygens (including phenoxy) is 2. The van der Waals surface area contributed by atoms with Gasteiger partial charge in [0, 0.05) is 38.9 Å². The Morgan fingerprint density at radius 1 is 1.17 bits per heavy atom. The maximum Gasteiger partial charge on any atom is 0.191 e. The van der Waals surface area contributed by atoms with Crippen LogP contribution in [0.5, 0.6) is 5.75 Å². The number of methoxy groups -OCH3 is 1. The minimum absolute atomic E-state index is 0. The summed E-state index contributed by atoms with van der Waals surface area (Å²) >= 11 is 0. The van der Waals surface area contributed by atoms with E-state index in [1.54, 1.807) is 7.11 Å². The standard InChI is InChI=1S/C22H38N4O2.HI/c1-17(2)20(26-10-6-7-11-26)16-25-22(23-4)24-15-19-9-8-18(3)14-21(19)28-13-12-27-5;/h8-9,14,17,20H,6-7,10-13,15-16H2,1-5H3,(H2,23,24,25);1H. The lowest BCUT2D eigenvalue weighted by Gasteiger charge is -2.31. The summed E-state index contributed by atoms with van der Waals surface area (Å²) in [5, 5.41) is 6.95. The number of benzene rings is 1. The number of guanidine groups is 1. The fraction of sp³-hybridized carbons (Fsp3) is 0.682. The number of nitrogens with zero attached hydrogens (tertiary/aromatic N) is 2. The number of hydrogen-bond donors (Lipinski definition) is 2. The molecule has 1 aromatic rings. The predicted molar refractivity (Wildman–Crippen MR) is 132 cm³/mol. The van der Waals surface area contributed by atoms with Gasteiger partial charge in [0.2, 0.25) is 0 Å². The van der Waals surface area contributed by atoms with Gasteiger partial charge in [-0.15, -0.1) is 24.0 Å². The summed E-state index contributed by atoms with van der Waals surface area (Å²) < 4.78 is 11.0. The van der Waals surface area contributed by atoms with Crippen molar-refractivity contribution in [1.82, 2.24) is 15.5 Å². The molecule has 0 aliphatic carbocycles. The van der Waals surface area contributed by atoms with E-state index in [-0.39, 0.29) is 24.0 Å².